The number of thioether (sulfide) groups is 1. The van der Waals surface area contributed by atoms with Crippen LogP contribution in [0.3, 0.4) is 0 Å². The Morgan fingerprint density at radius 3 is 2.41 bits per heavy atom. The SMILES string of the molecule is Clc1ccc(SCc2nc3ccccc3n2Cc2ccc3ccccc3c2)cc1. The maximum atomic E-state index is 6.01. The summed E-state index contributed by atoms with van der Waals surface area (Å²) in [5.41, 5.74) is 3.50. The Hall–Kier alpha value is -2.75. The molecular formula is C25H19ClN2S. The van der Waals surface area contributed by atoms with Crippen LogP contribution in [0.2, 0.25) is 5.02 Å². The largest absolute Gasteiger partial charge is 0.323 e. The van der Waals surface area contributed by atoms with Gasteiger partial charge in [-0.05, 0) is 58.8 Å². The first kappa shape index (κ1) is 18.3. The topological polar surface area (TPSA) is 17.8 Å². The maximum Gasteiger partial charge on any atom is 0.120 e. The average molecular weight is 415 g/mol. The molecule has 0 atom stereocenters. The molecule has 4 aromatic carbocycles. The highest BCUT2D eigenvalue weighted by molar-refractivity contribution is 7.98. The summed E-state index contributed by atoms with van der Waals surface area (Å²) < 4.78 is 2.34. The van der Waals surface area contributed by atoms with Gasteiger partial charge in [-0.3, -0.25) is 0 Å². The van der Waals surface area contributed by atoms with Crippen molar-refractivity contribution in [2.75, 3.05) is 0 Å². The molecule has 2 nitrogen and oxygen atoms in total. The van der Waals surface area contributed by atoms with Gasteiger partial charge in [0, 0.05) is 16.5 Å². The van der Waals surface area contributed by atoms with E-state index in [4.69, 9.17) is 16.6 Å². The minimum Gasteiger partial charge on any atom is -0.323 e. The summed E-state index contributed by atoms with van der Waals surface area (Å²) in [7, 11) is 0. The summed E-state index contributed by atoms with van der Waals surface area (Å²) in [4.78, 5) is 6.11. The third-order valence-corrected chi connectivity index (χ3v) is 6.33. The number of para-hydroxylation sites is 2. The Bertz CT molecular complexity index is 1290. The number of benzene rings is 4. The molecule has 0 N–H and O–H groups in total. The van der Waals surface area contributed by atoms with Crippen LogP contribution in [0.5, 0.6) is 0 Å². The number of halogens is 1. The van der Waals surface area contributed by atoms with Crippen molar-refractivity contribution in [2.24, 2.45) is 0 Å². The van der Waals surface area contributed by atoms with E-state index >= 15 is 0 Å². The minimum atomic E-state index is 0.762. The second-order valence-corrected chi connectivity index (χ2v) is 8.51. The Morgan fingerprint density at radius 2 is 1.55 bits per heavy atom. The van der Waals surface area contributed by atoms with Crippen LogP contribution < -0.4 is 0 Å². The molecule has 0 bridgehead atoms. The number of hydrogen-bond acceptors (Lipinski definition) is 2. The summed E-state index contributed by atoms with van der Waals surface area (Å²) in [6, 6.07) is 31.5. The third kappa shape index (κ3) is 3.89. The quantitative estimate of drug-likeness (QED) is 0.283. The van der Waals surface area contributed by atoms with Gasteiger partial charge in [0.2, 0.25) is 0 Å². The number of fused-ring (bicyclic) bond motifs is 2. The normalized spacial score (nSPS) is 11.3. The van der Waals surface area contributed by atoms with E-state index in [0.29, 0.717) is 0 Å². The number of nitrogens with zero attached hydrogens (tertiary/aromatic N) is 2. The lowest BCUT2D eigenvalue weighted by Crippen LogP contribution is -2.04. The molecule has 4 heteroatoms. The lowest BCUT2D eigenvalue weighted by Gasteiger charge is -2.11. The highest BCUT2D eigenvalue weighted by Gasteiger charge is 2.12. The van der Waals surface area contributed by atoms with E-state index in [9.17, 15) is 0 Å². The van der Waals surface area contributed by atoms with Gasteiger partial charge in [0.1, 0.15) is 5.82 Å². The Kier molecular flexibility index (Phi) is 5.01. The fourth-order valence-electron chi connectivity index (χ4n) is 3.61. The lowest BCUT2D eigenvalue weighted by atomic mass is 10.1. The molecule has 0 fully saturated rings. The zero-order valence-corrected chi connectivity index (χ0v) is 17.3. The van der Waals surface area contributed by atoms with Crippen molar-refractivity contribution in [3.63, 3.8) is 0 Å². The van der Waals surface area contributed by atoms with Crippen molar-refractivity contribution in [3.8, 4) is 0 Å². The van der Waals surface area contributed by atoms with E-state index in [1.165, 1.54) is 26.7 Å². The van der Waals surface area contributed by atoms with Crippen LogP contribution >= 0.6 is 23.4 Å². The molecule has 5 aromatic rings. The highest BCUT2D eigenvalue weighted by atomic mass is 35.5. The Balaban J connectivity index is 1.49. The van der Waals surface area contributed by atoms with Crippen molar-refractivity contribution >= 4 is 45.2 Å². The summed E-state index contributed by atoms with van der Waals surface area (Å²) in [6.45, 7) is 0.807. The molecule has 0 saturated heterocycles. The lowest BCUT2D eigenvalue weighted by molar-refractivity contribution is 0.781. The minimum absolute atomic E-state index is 0.762. The van der Waals surface area contributed by atoms with Gasteiger partial charge in [0.25, 0.3) is 0 Å². The van der Waals surface area contributed by atoms with Crippen LogP contribution in [0.15, 0.2) is 95.9 Å². The second kappa shape index (κ2) is 7.94. The van der Waals surface area contributed by atoms with Gasteiger partial charge in [-0.2, -0.15) is 0 Å². The molecule has 29 heavy (non-hydrogen) atoms. The van der Waals surface area contributed by atoms with E-state index in [2.05, 4.69) is 77.4 Å². The smallest absolute Gasteiger partial charge is 0.120 e. The first-order chi connectivity index (χ1) is 14.3. The summed E-state index contributed by atoms with van der Waals surface area (Å²) in [5.74, 6) is 1.89. The summed E-state index contributed by atoms with van der Waals surface area (Å²) in [6.07, 6.45) is 0. The molecule has 1 heterocycles. The molecule has 0 spiro atoms. The van der Waals surface area contributed by atoms with Crippen molar-refractivity contribution in [3.05, 3.63) is 107 Å². The van der Waals surface area contributed by atoms with E-state index < -0.39 is 0 Å². The van der Waals surface area contributed by atoms with Crippen molar-refractivity contribution in [1.29, 1.82) is 0 Å². The van der Waals surface area contributed by atoms with Crippen LogP contribution in [0.1, 0.15) is 11.4 Å². The van der Waals surface area contributed by atoms with Gasteiger partial charge in [0.15, 0.2) is 0 Å². The van der Waals surface area contributed by atoms with Crippen LogP contribution in [-0.2, 0) is 12.3 Å². The Labute approximate surface area is 179 Å². The summed E-state index contributed by atoms with van der Waals surface area (Å²) in [5, 5.41) is 3.30. The number of hydrogen-bond donors (Lipinski definition) is 0. The van der Waals surface area contributed by atoms with Crippen molar-refractivity contribution in [2.45, 2.75) is 17.2 Å². The number of rotatable bonds is 5. The zero-order valence-electron chi connectivity index (χ0n) is 15.8. The monoisotopic (exact) mass is 414 g/mol. The van der Waals surface area contributed by atoms with Gasteiger partial charge < -0.3 is 4.57 Å². The molecule has 0 amide bonds. The third-order valence-electron chi connectivity index (χ3n) is 5.07. The van der Waals surface area contributed by atoms with E-state index in [1.54, 1.807) is 11.8 Å². The molecule has 0 saturated carbocycles. The van der Waals surface area contributed by atoms with Gasteiger partial charge in [0.05, 0.1) is 16.8 Å². The van der Waals surface area contributed by atoms with E-state index in [0.717, 1.165) is 28.7 Å². The first-order valence-electron chi connectivity index (χ1n) is 9.56. The van der Waals surface area contributed by atoms with Crippen LogP contribution in [0, 0.1) is 0 Å². The zero-order chi connectivity index (χ0) is 19.6. The molecule has 142 valence electrons. The number of aromatic nitrogens is 2. The van der Waals surface area contributed by atoms with E-state index in [1.807, 2.05) is 18.2 Å². The summed E-state index contributed by atoms with van der Waals surface area (Å²) >= 11 is 7.80. The number of imidazole rings is 1. The van der Waals surface area contributed by atoms with Crippen LogP contribution in [0.25, 0.3) is 21.8 Å². The van der Waals surface area contributed by atoms with E-state index in [-0.39, 0.29) is 0 Å². The predicted octanol–water partition coefficient (Wildman–Crippen LogP) is 7.18. The highest BCUT2D eigenvalue weighted by Crippen LogP contribution is 2.27. The molecular weight excluding hydrogens is 396 g/mol. The molecule has 0 radical (unpaired) electrons. The molecule has 5 rings (SSSR count). The van der Waals surface area contributed by atoms with Gasteiger partial charge >= 0.3 is 0 Å². The molecule has 0 aliphatic carbocycles. The van der Waals surface area contributed by atoms with Crippen LogP contribution in [0.4, 0.5) is 0 Å². The molecule has 1 aromatic heterocycles. The average Bonchev–Trinajstić information content (AvgIpc) is 3.11. The van der Waals surface area contributed by atoms with Gasteiger partial charge in [-0.25, -0.2) is 4.98 Å². The Morgan fingerprint density at radius 1 is 0.793 bits per heavy atom. The predicted molar refractivity (Wildman–Crippen MR) is 124 cm³/mol. The molecule has 0 aliphatic heterocycles. The maximum absolute atomic E-state index is 6.01. The fraction of sp³-hybridized carbons (Fsp3) is 0.0800. The van der Waals surface area contributed by atoms with Crippen molar-refractivity contribution < 1.29 is 0 Å². The first-order valence-corrected chi connectivity index (χ1v) is 10.9. The fourth-order valence-corrected chi connectivity index (χ4v) is 4.58. The second-order valence-electron chi connectivity index (χ2n) is 7.03. The molecule has 0 unspecified atom stereocenters. The van der Waals surface area contributed by atoms with Gasteiger partial charge in [-0.15, -0.1) is 11.8 Å². The standard InChI is InChI=1S/C25H19ClN2S/c26-21-11-13-22(14-12-21)29-17-25-27-23-7-3-4-8-24(23)28(25)16-18-9-10-19-5-1-2-6-20(19)15-18/h1-15H,16-17H2. The van der Waals surface area contributed by atoms with Gasteiger partial charge in [-0.1, -0.05) is 60.1 Å². The van der Waals surface area contributed by atoms with Crippen LogP contribution in [-0.4, -0.2) is 9.55 Å². The van der Waals surface area contributed by atoms with Crippen molar-refractivity contribution in [1.82, 2.24) is 9.55 Å². The molecule has 0 aliphatic rings.